The standard InChI is InChI=1S/C26H44F3N5O5S/c1-4-32(5-2)24(35)22-21-16-18(12-15-34(21)31-23(22)26(27,28)29)17-10-13-33(14-11-17)40(37,38)20-8-6-19(7-9-20)30-25(36)39-3/h17-23,31H,4-16H2,1-3H3,(H,30,36). The molecule has 3 saturated heterocycles. The zero-order valence-electron chi connectivity index (χ0n) is 23.7. The third-order valence-corrected chi connectivity index (χ3v) is 12.0. The molecule has 0 radical (unpaired) electrons. The first kappa shape index (κ1) is 31.3. The van der Waals surface area contributed by atoms with Crippen molar-refractivity contribution in [2.45, 2.75) is 94.8 Å². The lowest BCUT2D eigenvalue weighted by atomic mass is 9.74. The average Bonchev–Trinajstić information content (AvgIpc) is 3.33. The van der Waals surface area contributed by atoms with Gasteiger partial charge in [0, 0.05) is 44.8 Å². The Bertz CT molecular complexity index is 995. The summed E-state index contributed by atoms with van der Waals surface area (Å²) in [6, 6.07) is -2.52. The molecule has 0 spiro atoms. The molecule has 3 heterocycles. The minimum absolute atomic E-state index is 0.0880. The number of carbonyl (C=O) groups is 2. The van der Waals surface area contributed by atoms with Crippen LogP contribution in [0.5, 0.6) is 0 Å². The number of halogens is 3. The van der Waals surface area contributed by atoms with E-state index in [0.717, 1.165) is 6.42 Å². The van der Waals surface area contributed by atoms with Gasteiger partial charge in [-0.1, -0.05) is 0 Å². The molecule has 3 aliphatic heterocycles. The molecular weight excluding hydrogens is 551 g/mol. The van der Waals surface area contributed by atoms with Crippen LogP contribution in [0, 0.1) is 17.8 Å². The minimum atomic E-state index is -4.53. The van der Waals surface area contributed by atoms with Gasteiger partial charge in [0.2, 0.25) is 15.9 Å². The molecule has 4 rings (SSSR count). The van der Waals surface area contributed by atoms with Crippen molar-refractivity contribution < 1.29 is 35.9 Å². The SMILES string of the molecule is CCN(CC)C(=O)C1C2CC(C3CCN(S(=O)(=O)C4CCC(NC(=O)OC)CC4)CC3)CCN2NC1C(F)(F)F. The fourth-order valence-corrected chi connectivity index (χ4v) is 9.32. The van der Waals surface area contributed by atoms with Crippen LogP contribution in [0.15, 0.2) is 0 Å². The molecule has 2 N–H and O–H groups in total. The summed E-state index contributed by atoms with van der Waals surface area (Å²) < 4.78 is 74.9. The summed E-state index contributed by atoms with van der Waals surface area (Å²) in [7, 11) is -2.18. The number of alkyl halides is 3. The summed E-state index contributed by atoms with van der Waals surface area (Å²) in [5.41, 5.74) is 2.61. The van der Waals surface area contributed by atoms with Crippen LogP contribution < -0.4 is 10.7 Å². The normalized spacial score (nSPS) is 32.9. The number of methoxy groups -OCH3 is 1. The van der Waals surface area contributed by atoms with E-state index in [-0.39, 0.29) is 17.9 Å². The third kappa shape index (κ3) is 6.54. The molecule has 40 heavy (non-hydrogen) atoms. The lowest BCUT2D eigenvalue weighted by molar-refractivity contribution is -0.172. The highest BCUT2D eigenvalue weighted by molar-refractivity contribution is 7.89. The summed E-state index contributed by atoms with van der Waals surface area (Å²) in [4.78, 5) is 26.2. The Morgan fingerprint density at radius 3 is 2.12 bits per heavy atom. The summed E-state index contributed by atoms with van der Waals surface area (Å²) in [6.45, 7) is 5.53. The second kappa shape index (κ2) is 12.7. The van der Waals surface area contributed by atoms with Crippen LogP contribution in [-0.4, -0.2) is 104 Å². The summed E-state index contributed by atoms with van der Waals surface area (Å²) >= 11 is 0. The molecule has 4 unspecified atom stereocenters. The molecule has 2 amide bonds. The largest absolute Gasteiger partial charge is 0.453 e. The molecule has 0 aromatic rings. The van der Waals surface area contributed by atoms with Crippen molar-refractivity contribution >= 4 is 22.0 Å². The molecular formula is C26H44F3N5O5S. The van der Waals surface area contributed by atoms with Crippen LogP contribution in [0.2, 0.25) is 0 Å². The Kier molecular flexibility index (Phi) is 9.94. The number of nitrogens with one attached hydrogen (secondary N) is 2. The zero-order chi connectivity index (χ0) is 29.2. The van der Waals surface area contributed by atoms with E-state index in [0.29, 0.717) is 77.7 Å². The molecule has 230 valence electrons. The molecule has 1 aliphatic carbocycles. The van der Waals surface area contributed by atoms with Gasteiger partial charge < -0.3 is 15.0 Å². The third-order valence-electron chi connectivity index (χ3n) is 9.60. The molecule has 0 aromatic heterocycles. The molecule has 1 saturated carbocycles. The van der Waals surface area contributed by atoms with Gasteiger partial charge in [0.05, 0.1) is 18.3 Å². The van der Waals surface area contributed by atoms with Crippen LogP contribution >= 0.6 is 0 Å². The molecule has 14 heteroatoms. The van der Waals surface area contributed by atoms with Gasteiger partial charge in [-0.25, -0.2) is 28.0 Å². The van der Waals surface area contributed by atoms with Gasteiger partial charge in [-0.3, -0.25) is 4.79 Å². The summed E-state index contributed by atoms with van der Waals surface area (Å²) in [5.74, 6) is -1.29. The zero-order valence-corrected chi connectivity index (χ0v) is 24.5. The number of hydrogen-bond acceptors (Lipinski definition) is 7. The molecule has 4 fully saturated rings. The molecule has 0 bridgehead atoms. The van der Waals surface area contributed by atoms with E-state index < -0.39 is 51.5 Å². The highest BCUT2D eigenvalue weighted by atomic mass is 32.2. The van der Waals surface area contributed by atoms with Crippen LogP contribution in [0.25, 0.3) is 0 Å². The molecule has 4 atom stereocenters. The van der Waals surface area contributed by atoms with Crippen LogP contribution in [0.1, 0.15) is 65.2 Å². The first-order valence-electron chi connectivity index (χ1n) is 14.6. The van der Waals surface area contributed by atoms with Gasteiger partial charge in [0.25, 0.3) is 0 Å². The van der Waals surface area contributed by atoms with Crippen molar-refractivity contribution in [2.75, 3.05) is 39.8 Å². The monoisotopic (exact) mass is 595 g/mol. The van der Waals surface area contributed by atoms with Crippen molar-refractivity contribution in [2.24, 2.45) is 17.8 Å². The van der Waals surface area contributed by atoms with Crippen LogP contribution in [0.4, 0.5) is 18.0 Å². The fraction of sp³-hybridized carbons (Fsp3) is 0.923. The van der Waals surface area contributed by atoms with E-state index in [1.54, 1.807) is 23.2 Å². The van der Waals surface area contributed by atoms with Gasteiger partial charge in [0.15, 0.2) is 0 Å². The number of amides is 2. The highest BCUT2D eigenvalue weighted by Gasteiger charge is 2.59. The maximum absolute atomic E-state index is 14.0. The fourth-order valence-electron chi connectivity index (χ4n) is 7.31. The van der Waals surface area contributed by atoms with Gasteiger partial charge in [0.1, 0.15) is 6.04 Å². The lowest BCUT2D eigenvalue weighted by Gasteiger charge is -2.43. The number of carbonyl (C=O) groups excluding carboxylic acids is 2. The Morgan fingerprint density at radius 2 is 1.57 bits per heavy atom. The van der Waals surface area contributed by atoms with Crippen molar-refractivity contribution in [1.29, 1.82) is 0 Å². The van der Waals surface area contributed by atoms with Crippen LogP contribution in [0.3, 0.4) is 0 Å². The maximum atomic E-state index is 14.0. The predicted octanol–water partition coefficient (Wildman–Crippen LogP) is 2.71. The number of piperidine rings is 2. The van der Waals surface area contributed by atoms with Crippen LogP contribution in [-0.2, 0) is 19.6 Å². The number of hydrazine groups is 1. The number of rotatable bonds is 7. The van der Waals surface area contributed by atoms with E-state index in [4.69, 9.17) is 0 Å². The molecule has 4 aliphatic rings. The number of ether oxygens (including phenoxy) is 1. The van der Waals surface area contributed by atoms with Crippen molar-refractivity contribution in [3.8, 4) is 0 Å². The van der Waals surface area contributed by atoms with E-state index in [1.165, 1.54) is 12.0 Å². The summed E-state index contributed by atoms with van der Waals surface area (Å²) in [5, 5.41) is 3.91. The predicted molar refractivity (Wildman–Crippen MR) is 142 cm³/mol. The van der Waals surface area contributed by atoms with Gasteiger partial charge >= 0.3 is 12.3 Å². The van der Waals surface area contributed by atoms with Gasteiger partial charge in [-0.15, -0.1) is 0 Å². The average molecular weight is 596 g/mol. The van der Waals surface area contributed by atoms with Crippen molar-refractivity contribution in [3.05, 3.63) is 0 Å². The van der Waals surface area contributed by atoms with E-state index >= 15 is 0 Å². The lowest BCUT2D eigenvalue weighted by Crippen LogP contribution is -2.51. The second-order valence-electron chi connectivity index (χ2n) is 11.6. The molecule has 10 nitrogen and oxygen atoms in total. The minimum Gasteiger partial charge on any atom is -0.453 e. The van der Waals surface area contributed by atoms with Crippen molar-refractivity contribution in [3.63, 3.8) is 0 Å². The van der Waals surface area contributed by atoms with E-state index in [1.807, 2.05) is 0 Å². The topological polar surface area (TPSA) is 111 Å². The first-order chi connectivity index (χ1) is 18.9. The Balaban J connectivity index is 1.35. The number of alkyl carbamates (subject to hydrolysis) is 1. The Labute approximate surface area is 235 Å². The van der Waals surface area contributed by atoms with E-state index in [9.17, 15) is 31.2 Å². The first-order valence-corrected chi connectivity index (χ1v) is 16.1. The second-order valence-corrected chi connectivity index (χ2v) is 13.8. The maximum Gasteiger partial charge on any atom is 0.407 e. The number of hydrogen-bond donors (Lipinski definition) is 2. The number of fused-ring (bicyclic) bond motifs is 1. The smallest absolute Gasteiger partial charge is 0.407 e. The number of sulfonamides is 1. The molecule has 0 aromatic carbocycles. The van der Waals surface area contributed by atoms with Gasteiger partial charge in [-0.2, -0.15) is 13.2 Å². The van der Waals surface area contributed by atoms with Gasteiger partial charge in [-0.05, 0) is 77.0 Å². The van der Waals surface area contributed by atoms with Crippen molar-refractivity contribution in [1.82, 2.24) is 25.0 Å². The quantitative estimate of drug-likeness (QED) is 0.466. The Hall–Kier alpha value is -1.64. The highest BCUT2D eigenvalue weighted by Crippen LogP contribution is 2.43. The Morgan fingerprint density at radius 1 is 0.975 bits per heavy atom. The number of nitrogens with zero attached hydrogens (tertiary/aromatic N) is 3. The van der Waals surface area contributed by atoms with E-state index in [2.05, 4.69) is 15.5 Å². The summed E-state index contributed by atoms with van der Waals surface area (Å²) in [6.07, 6.45) is -0.383.